The van der Waals surface area contributed by atoms with E-state index in [0.29, 0.717) is 47.6 Å². The van der Waals surface area contributed by atoms with Gasteiger partial charge in [-0.15, -0.1) is 0 Å². The number of aromatic amines is 2. The number of aromatic nitrogens is 4. The van der Waals surface area contributed by atoms with Crippen LogP contribution in [-0.4, -0.2) is 82.4 Å². The van der Waals surface area contributed by atoms with E-state index >= 15 is 0 Å². The number of carbonyl (C=O) groups excluding carboxylic acids is 4. The Morgan fingerprint density at radius 3 is 2.25 bits per heavy atom. The van der Waals surface area contributed by atoms with Gasteiger partial charge in [0.2, 0.25) is 11.8 Å². The van der Waals surface area contributed by atoms with E-state index in [-0.39, 0.29) is 49.8 Å². The smallest absolute Gasteiger partial charge is 0.305 e. The number of carbonyl (C=O) groups is 4. The Labute approximate surface area is 364 Å². The first-order valence-corrected chi connectivity index (χ1v) is 21.0. The molecule has 1 fully saturated rings. The minimum absolute atomic E-state index is 0.0666. The molecule has 3 aliphatic heterocycles. The van der Waals surface area contributed by atoms with Crippen LogP contribution in [0.1, 0.15) is 90.1 Å². The lowest BCUT2D eigenvalue weighted by molar-refractivity contribution is -0.141. The number of hydrogen-bond acceptors (Lipinski definition) is 11. The number of amides is 2. The van der Waals surface area contributed by atoms with E-state index in [4.69, 9.17) is 29.4 Å². The number of esters is 2. The van der Waals surface area contributed by atoms with E-state index in [1.807, 2.05) is 52.0 Å². The van der Waals surface area contributed by atoms with Gasteiger partial charge in [0.1, 0.15) is 6.61 Å². The highest BCUT2D eigenvalue weighted by atomic mass is 16.6. The van der Waals surface area contributed by atoms with Crippen molar-refractivity contribution in [2.75, 3.05) is 32.3 Å². The zero-order chi connectivity index (χ0) is 44.7. The Balaban J connectivity index is 1.34. The Morgan fingerprint density at radius 1 is 0.889 bits per heavy atom. The zero-order valence-corrected chi connectivity index (χ0v) is 36.3. The Morgan fingerprint density at radius 2 is 1.56 bits per heavy atom. The van der Waals surface area contributed by atoms with Crippen molar-refractivity contribution >= 4 is 80.5 Å². The van der Waals surface area contributed by atoms with Gasteiger partial charge in [-0.05, 0) is 122 Å². The van der Waals surface area contributed by atoms with E-state index in [1.54, 1.807) is 30.3 Å². The van der Waals surface area contributed by atoms with E-state index in [1.165, 1.54) is 25.3 Å². The van der Waals surface area contributed by atoms with E-state index in [2.05, 4.69) is 27.8 Å². The zero-order valence-electron chi connectivity index (χ0n) is 36.3. The molecule has 0 spiro atoms. The van der Waals surface area contributed by atoms with Crippen molar-refractivity contribution in [1.29, 1.82) is 0 Å². The number of aliphatic hydroxyl groups is 1. The number of ether oxygens (including phenoxy) is 2. The van der Waals surface area contributed by atoms with E-state index in [0.717, 1.165) is 66.7 Å². The number of anilines is 1. The molecule has 4 aromatic rings. The molecule has 14 nitrogen and oxygen atoms in total. The fourth-order valence-corrected chi connectivity index (χ4v) is 9.51. The van der Waals surface area contributed by atoms with Gasteiger partial charge in [-0.25, -0.2) is 4.98 Å². The molecule has 4 aliphatic rings. The van der Waals surface area contributed by atoms with Gasteiger partial charge in [0.05, 0.1) is 67.3 Å². The third kappa shape index (κ3) is 7.47. The predicted molar refractivity (Wildman–Crippen MR) is 241 cm³/mol. The van der Waals surface area contributed by atoms with Gasteiger partial charge >= 0.3 is 11.9 Å². The number of oxime groups is 1. The maximum Gasteiger partial charge on any atom is 0.305 e. The highest BCUT2D eigenvalue weighted by molar-refractivity contribution is 6.23. The summed E-state index contributed by atoms with van der Waals surface area (Å²) in [4.78, 5) is 78.1. The topological polar surface area (TPSA) is 189 Å². The van der Waals surface area contributed by atoms with Gasteiger partial charge in [0.25, 0.3) is 0 Å². The van der Waals surface area contributed by atoms with Crippen LogP contribution >= 0.6 is 0 Å². The maximum atomic E-state index is 14.9. The minimum atomic E-state index is -1.02. The molecular formula is C49H50N6O8. The molecule has 324 valence electrons. The molecule has 0 saturated carbocycles. The molecule has 6 heterocycles. The third-order valence-corrected chi connectivity index (χ3v) is 13.0. The van der Waals surface area contributed by atoms with Crippen LogP contribution in [0.25, 0.3) is 44.9 Å². The lowest BCUT2D eigenvalue weighted by atomic mass is 9.61. The number of nitrogens with zero attached hydrogens (tertiary/aromatic N) is 4. The molecule has 1 saturated heterocycles. The Bertz CT molecular complexity index is 2850. The van der Waals surface area contributed by atoms with E-state index < -0.39 is 17.3 Å². The average Bonchev–Trinajstić information content (AvgIpc) is 4.00. The summed E-state index contributed by atoms with van der Waals surface area (Å²) in [7, 11) is 2.75. The number of benzene rings is 1. The highest BCUT2D eigenvalue weighted by Crippen LogP contribution is 2.56. The van der Waals surface area contributed by atoms with Crippen LogP contribution in [-0.2, 0) is 45.3 Å². The van der Waals surface area contributed by atoms with Crippen LogP contribution in [0.5, 0.6) is 0 Å². The molecule has 2 amide bonds. The first-order chi connectivity index (χ1) is 30.3. The van der Waals surface area contributed by atoms with Gasteiger partial charge in [-0.1, -0.05) is 36.0 Å². The number of rotatable bonds is 12. The molecular weight excluding hydrogens is 801 g/mol. The molecule has 63 heavy (non-hydrogen) atoms. The number of hydrogen-bond donors (Lipinski definition) is 3. The van der Waals surface area contributed by atoms with Crippen LogP contribution in [0.2, 0.25) is 0 Å². The SMILES string of the molecule is C=Cc1c(C)c2cc3nc(cc4[nH]c(cc5nc(cc1[nH]2)[C@@]1(C)C5=CC[C@H]2C(=O)N(c5ccc(/C=N/OCCO)cc5)C(=O)[C@H]21)c(C)c4CCC(=O)OC)C(CCC(=O)OC)=C3C. The maximum absolute atomic E-state index is 14.9. The molecule has 8 rings (SSSR count). The van der Waals surface area contributed by atoms with Crippen LogP contribution in [0.4, 0.5) is 5.69 Å². The molecule has 3 atom stereocenters. The summed E-state index contributed by atoms with van der Waals surface area (Å²) >= 11 is 0. The summed E-state index contributed by atoms with van der Waals surface area (Å²) in [6.45, 7) is 12.1. The van der Waals surface area contributed by atoms with Crippen LogP contribution in [0.15, 0.2) is 66.3 Å². The van der Waals surface area contributed by atoms with Crippen molar-refractivity contribution in [3.63, 3.8) is 0 Å². The lowest BCUT2D eigenvalue weighted by Gasteiger charge is -2.37. The van der Waals surface area contributed by atoms with Crippen molar-refractivity contribution in [2.45, 2.75) is 65.2 Å². The molecule has 14 heteroatoms. The fraction of sp³-hybridized carbons (Fsp3) is 0.327. The number of allylic oxidation sites excluding steroid dienone is 4. The molecule has 3 aromatic heterocycles. The molecule has 3 N–H and O–H groups in total. The molecule has 1 aliphatic carbocycles. The standard InChI is InChI=1S/C49H50N6O8/c1-8-31-26(2)36-21-37-27(3)32(14-17-44(57)61-6)39(51-37)23-40-33(15-18-45(58)62-7)28(4)38(52-40)22-42-35-16-13-34-46(49(35,5)43(54-42)24-41(31)53-36)48(60)55(47(34)59)30-11-9-29(10-12-30)25-50-63-20-19-56/h8-12,16,21-25,34,46,52-53,56H,1,13-15,17-20H2,2-7H3/b36-21?,37-21?,38-22?,39-23?,40-23?,41-24?,42-22?,43-24?,50-25+/t34-,46+,49-/m1/s1. The number of aliphatic hydroxyl groups excluding tert-OH is 1. The first kappa shape index (κ1) is 42.7. The summed E-state index contributed by atoms with van der Waals surface area (Å²) in [6, 6.07) is 14.9. The van der Waals surface area contributed by atoms with Gasteiger partial charge in [-0.2, -0.15) is 0 Å². The van der Waals surface area contributed by atoms with Gasteiger partial charge in [-0.3, -0.25) is 29.1 Å². The van der Waals surface area contributed by atoms with Crippen molar-refractivity contribution < 1.29 is 38.6 Å². The van der Waals surface area contributed by atoms with Gasteiger partial charge < -0.3 is 29.4 Å². The second-order valence-corrected chi connectivity index (χ2v) is 16.4. The van der Waals surface area contributed by atoms with Crippen molar-refractivity contribution in [3.05, 3.63) is 112 Å². The lowest BCUT2D eigenvalue weighted by Crippen LogP contribution is -2.41. The summed E-state index contributed by atoms with van der Waals surface area (Å²) in [5.41, 5.74) is 12.1. The highest BCUT2D eigenvalue weighted by Gasteiger charge is 2.61. The normalized spacial score (nSPS) is 19.3. The average molecular weight is 851 g/mol. The molecule has 0 unspecified atom stereocenters. The van der Waals surface area contributed by atoms with Crippen molar-refractivity contribution in [3.8, 4) is 0 Å². The number of H-pyrrole nitrogens is 2. The summed E-state index contributed by atoms with van der Waals surface area (Å²) in [6.07, 6.45) is 6.81. The largest absolute Gasteiger partial charge is 0.469 e. The number of aryl methyl sites for hydroxylation is 3. The molecule has 0 radical (unpaired) electrons. The van der Waals surface area contributed by atoms with Crippen molar-refractivity contribution in [2.24, 2.45) is 17.0 Å². The summed E-state index contributed by atoms with van der Waals surface area (Å²) in [5.74, 6) is -2.65. The summed E-state index contributed by atoms with van der Waals surface area (Å²) < 4.78 is 10.0. The number of imide groups is 1. The molecule has 8 bridgehead atoms. The van der Waals surface area contributed by atoms with Gasteiger partial charge in [0.15, 0.2) is 0 Å². The Hall–Kier alpha value is -6.93. The number of methoxy groups -OCH3 is 2. The molecule has 1 aromatic carbocycles. The van der Waals surface area contributed by atoms with Crippen LogP contribution < -0.4 is 4.90 Å². The third-order valence-electron chi connectivity index (χ3n) is 13.0. The van der Waals surface area contributed by atoms with Gasteiger partial charge in [0, 0.05) is 45.9 Å². The number of fused-ring (bicyclic) bond motifs is 13. The predicted octanol–water partition coefficient (Wildman–Crippen LogP) is 7.46. The monoisotopic (exact) mass is 850 g/mol. The van der Waals surface area contributed by atoms with E-state index in [9.17, 15) is 19.2 Å². The fourth-order valence-electron chi connectivity index (χ4n) is 9.51. The second kappa shape index (κ2) is 17.1. The first-order valence-electron chi connectivity index (χ1n) is 21.0. The summed E-state index contributed by atoms with van der Waals surface area (Å²) in [5, 5.41) is 12.8. The Kier molecular flexibility index (Phi) is 11.6. The van der Waals surface area contributed by atoms with Crippen LogP contribution in [0, 0.1) is 25.7 Å². The quantitative estimate of drug-likeness (QED) is 0.0424. The minimum Gasteiger partial charge on any atom is -0.469 e. The number of nitrogens with one attached hydrogen (secondary N) is 2. The van der Waals surface area contributed by atoms with Crippen LogP contribution in [0.3, 0.4) is 0 Å². The second-order valence-electron chi connectivity index (χ2n) is 16.4. The van der Waals surface area contributed by atoms with Crippen molar-refractivity contribution in [1.82, 2.24) is 19.9 Å².